The molecule has 20 heavy (non-hydrogen) atoms. The average molecular weight is 265 g/mol. The van der Waals surface area contributed by atoms with Crippen LogP contribution in [-0.4, -0.2) is 24.6 Å². The van der Waals surface area contributed by atoms with Crippen LogP contribution in [0.2, 0.25) is 0 Å². The number of allylic oxidation sites excluding steroid dienone is 6. The monoisotopic (exact) mass is 265 g/mol. The number of hydrogen-bond donors (Lipinski definition) is 2. The first-order valence-electron chi connectivity index (χ1n) is 7.03. The molecule has 0 saturated heterocycles. The molecule has 2 N–H and O–H groups in total. The Hall–Kier alpha value is -2.29. The lowest BCUT2D eigenvalue weighted by molar-refractivity contribution is 0.757. The van der Waals surface area contributed by atoms with Crippen LogP contribution in [-0.2, 0) is 0 Å². The highest BCUT2D eigenvalue weighted by Crippen LogP contribution is 2.09. The summed E-state index contributed by atoms with van der Waals surface area (Å²) in [5.74, 6) is 1.26. The van der Waals surface area contributed by atoms with Crippen LogP contribution in [0.1, 0.15) is 0 Å². The molecule has 0 radical (unpaired) electrons. The molecule has 3 aliphatic rings. The van der Waals surface area contributed by atoms with Gasteiger partial charge in [0.2, 0.25) is 0 Å². The van der Waals surface area contributed by atoms with Gasteiger partial charge in [-0.05, 0) is 0 Å². The van der Waals surface area contributed by atoms with Crippen molar-refractivity contribution in [2.75, 3.05) is 6.54 Å². The summed E-state index contributed by atoms with van der Waals surface area (Å²) >= 11 is 0. The molecule has 0 heterocycles. The van der Waals surface area contributed by atoms with E-state index in [1.54, 1.807) is 0 Å². The molecule has 0 unspecified atom stereocenters. The van der Waals surface area contributed by atoms with Gasteiger partial charge in [0, 0.05) is 5.92 Å². The summed E-state index contributed by atoms with van der Waals surface area (Å²) in [6.07, 6.45) is 25.2. The molecule has 0 aliphatic heterocycles. The Morgan fingerprint density at radius 1 is 0.700 bits per heavy atom. The van der Waals surface area contributed by atoms with Crippen LogP contribution in [0.4, 0.5) is 0 Å². The molecule has 3 heteroatoms. The van der Waals surface area contributed by atoms with E-state index in [1.807, 2.05) is 24.3 Å². The third-order valence-corrected chi connectivity index (χ3v) is 3.39. The van der Waals surface area contributed by atoms with E-state index < -0.39 is 0 Å². The van der Waals surface area contributed by atoms with Crippen LogP contribution >= 0.6 is 0 Å². The molecule has 0 atom stereocenters. The normalized spacial score (nSPS) is 20.4. The fraction of sp³-hybridized carbons (Fsp3) is 0.235. The van der Waals surface area contributed by atoms with Crippen molar-refractivity contribution in [2.45, 2.75) is 12.1 Å². The summed E-state index contributed by atoms with van der Waals surface area (Å²) in [6.45, 7) is 0.766. The third-order valence-electron chi connectivity index (χ3n) is 3.39. The molecule has 0 bridgehead atoms. The molecular formula is C17H19N3. The largest absolute Gasteiger partial charge is 0.347 e. The van der Waals surface area contributed by atoms with Gasteiger partial charge in [0.05, 0.1) is 18.6 Å². The Labute approximate surface area is 119 Å². The fourth-order valence-electron chi connectivity index (χ4n) is 2.30. The van der Waals surface area contributed by atoms with Gasteiger partial charge in [0.25, 0.3) is 0 Å². The Balaban J connectivity index is 1.62. The molecule has 3 rings (SSSR count). The van der Waals surface area contributed by atoms with E-state index >= 15 is 0 Å². The van der Waals surface area contributed by atoms with Gasteiger partial charge in [-0.3, -0.25) is 4.99 Å². The molecule has 0 aromatic heterocycles. The highest BCUT2D eigenvalue weighted by Gasteiger charge is 2.11. The van der Waals surface area contributed by atoms with Crippen molar-refractivity contribution in [3.05, 3.63) is 72.9 Å². The number of hydrogen-bond acceptors (Lipinski definition) is 1. The minimum absolute atomic E-state index is 0.227. The molecular weight excluding hydrogens is 246 g/mol. The summed E-state index contributed by atoms with van der Waals surface area (Å²) in [5, 5.41) is 6.83. The topological polar surface area (TPSA) is 36.4 Å². The minimum Gasteiger partial charge on any atom is -0.347 e. The Morgan fingerprint density at radius 3 is 1.65 bits per heavy atom. The highest BCUT2D eigenvalue weighted by atomic mass is 15.2. The summed E-state index contributed by atoms with van der Waals surface area (Å²) in [4.78, 5) is 4.69. The standard InChI is InChI=1S/C17H19N3/c1-2-8-14(7-1)13-18-17(19-15-9-3-4-10-15)20-16-11-5-6-12-16/h1-12,14-16H,13H2,(H2,18,19,20). The van der Waals surface area contributed by atoms with E-state index in [0.29, 0.717) is 5.92 Å². The summed E-state index contributed by atoms with van der Waals surface area (Å²) in [7, 11) is 0. The predicted molar refractivity (Wildman–Crippen MR) is 84.5 cm³/mol. The molecule has 0 aromatic carbocycles. The van der Waals surface area contributed by atoms with E-state index in [4.69, 9.17) is 0 Å². The number of nitrogens with one attached hydrogen (secondary N) is 2. The predicted octanol–water partition coefficient (Wildman–Crippen LogP) is 2.25. The van der Waals surface area contributed by atoms with Crippen LogP contribution in [0.15, 0.2) is 77.9 Å². The summed E-state index contributed by atoms with van der Waals surface area (Å²) in [5.41, 5.74) is 0. The Morgan fingerprint density at radius 2 is 1.15 bits per heavy atom. The lowest BCUT2D eigenvalue weighted by Crippen LogP contribution is -2.45. The first-order valence-corrected chi connectivity index (χ1v) is 7.03. The highest BCUT2D eigenvalue weighted by molar-refractivity contribution is 5.81. The molecule has 0 spiro atoms. The SMILES string of the molecule is C1=CC(CN=C(NC2C=CC=C2)NC2C=CC=C2)C=C1. The maximum Gasteiger partial charge on any atom is 0.192 e. The van der Waals surface area contributed by atoms with Gasteiger partial charge in [-0.25, -0.2) is 0 Å². The van der Waals surface area contributed by atoms with Crippen LogP contribution in [0.25, 0.3) is 0 Å². The molecule has 0 saturated carbocycles. The van der Waals surface area contributed by atoms with Crippen molar-refractivity contribution in [3.8, 4) is 0 Å². The lowest BCUT2D eigenvalue weighted by Gasteiger charge is -2.18. The second kappa shape index (κ2) is 6.24. The van der Waals surface area contributed by atoms with Crippen LogP contribution < -0.4 is 10.6 Å². The number of guanidine groups is 1. The van der Waals surface area contributed by atoms with Crippen molar-refractivity contribution >= 4 is 5.96 Å². The van der Waals surface area contributed by atoms with Gasteiger partial charge in [-0.2, -0.15) is 0 Å². The van der Waals surface area contributed by atoms with Gasteiger partial charge in [0.15, 0.2) is 5.96 Å². The van der Waals surface area contributed by atoms with E-state index in [2.05, 4.69) is 64.2 Å². The van der Waals surface area contributed by atoms with E-state index in [1.165, 1.54) is 0 Å². The molecule has 0 aromatic rings. The Kier molecular flexibility index (Phi) is 3.97. The molecule has 102 valence electrons. The maximum atomic E-state index is 4.69. The molecule has 3 aliphatic carbocycles. The van der Waals surface area contributed by atoms with Gasteiger partial charge in [-0.15, -0.1) is 0 Å². The zero-order chi connectivity index (χ0) is 13.6. The van der Waals surface area contributed by atoms with Crippen molar-refractivity contribution < 1.29 is 0 Å². The van der Waals surface area contributed by atoms with Gasteiger partial charge >= 0.3 is 0 Å². The second-order valence-electron chi connectivity index (χ2n) is 5.00. The number of nitrogens with zero attached hydrogens (tertiary/aromatic N) is 1. The first-order chi connectivity index (χ1) is 9.90. The quantitative estimate of drug-likeness (QED) is 0.604. The lowest BCUT2D eigenvalue weighted by atomic mass is 10.2. The summed E-state index contributed by atoms with van der Waals surface area (Å²) in [6, 6.07) is 0.454. The van der Waals surface area contributed by atoms with Gasteiger partial charge < -0.3 is 10.6 Å². The van der Waals surface area contributed by atoms with Gasteiger partial charge in [0.1, 0.15) is 0 Å². The summed E-state index contributed by atoms with van der Waals surface area (Å²) < 4.78 is 0. The fourth-order valence-corrected chi connectivity index (χ4v) is 2.30. The van der Waals surface area contributed by atoms with E-state index in [0.717, 1.165) is 12.5 Å². The maximum absolute atomic E-state index is 4.69. The Bertz CT molecular complexity index is 479. The van der Waals surface area contributed by atoms with Crippen molar-refractivity contribution in [1.82, 2.24) is 10.6 Å². The minimum atomic E-state index is 0.227. The van der Waals surface area contributed by atoms with E-state index in [-0.39, 0.29) is 12.1 Å². The van der Waals surface area contributed by atoms with Crippen LogP contribution in [0.5, 0.6) is 0 Å². The zero-order valence-electron chi connectivity index (χ0n) is 11.3. The first kappa shape index (κ1) is 12.7. The van der Waals surface area contributed by atoms with Crippen LogP contribution in [0.3, 0.4) is 0 Å². The zero-order valence-corrected chi connectivity index (χ0v) is 11.3. The molecule has 0 amide bonds. The smallest absolute Gasteiger partial charge is 0.192 e. The second-order valence-corrected chi connectivity index (χ2v) is 5.00. The van der Waals surface area contributed by atoms with Crippen molar-refractivity contribution in [1.29, 1.82) is 0 Å². The molecule has 3 nitrogen and oxygen atoms in total. The number of aliphatic imine (C=N–C) groups is 1. The van der Waals surface area contributed by atoms with Crippen molar-refractivity contribution in [2.24, 2.45) is 10.9 Å². The third kappa shape index (κ3) is 3.38. The van der Waals surface area contributed by atoms with Crippen molar-refractivity contribution in [3.63, 3.8) is 0 Å². The number of rotatable bonds is 4. The van der Waals surface area contributed by atoms with Crippen LogP contribution in [0, 0.1) is 5.92 Å². The van der Waals surface area contributed by atoms with E-state index in [9.17, 15) is 0 Å². The van der Waals surface area contributed by atoms with Gasteiger partial charge in [-0.1, -0.05) is 72.9 Å². The molecule has 0 fully saturated rings. The average Bonchev–Trinajstić information content (AvgIpc) is 3.20.